The van der Waals surface area contributed by atoms with Crippen LogP contribution in [0.2, 0.25) is 0 Å². The summed E-state index contributed by atoms with van der Waals surface area (Å²) in [4.78, 5) is 7.68. The van der Waals surface area contributed by atoms with Gasteiger partial charge in [0, 0.05) is 42.8 Å². The molecule has 1 aromatic heterocycles. The number of rotatable bonds is 9. The summed E-state index contributed by atoms with van der Waals surface area (Å²) in [6.07, 6.45) is -3.56. The lowest BCUT2D eigenvalue weighted by Gasteiger charge is -2.12. The molecule has 0 aliphatic carbocycles. The maximum absolute atomic E-state index is 12.3. The summed E-state index contributed by atoms with van der Waals surface area (Å²) in [5, 5.41) is 6.63. The Morgan fingerprint density at radius 3 is 2.52 bits per heavy atom. The van der Waals surface area contributed by atoms with Gasteiger partial charge in [0.2, 0.25) is 0 Å². The predicted octanol–water partition coefficient (Wildman–Crippen LogP) is 4.24. The van der Waals surface area contributed by atoms with Crippen molar-refractivity contribution in [3.05, 3.63) is 23.9 Å². The normalized spacial score (nSPS) is 11.9. The average molecular weight is 528 g/mol. The van der Waals surface area contributed by atoms with Gasteiger partial charge >= 0.3 is 6.18 Å². The Morgan fingerprint density at radius 2 is 1.90 bits per heavy atom. The summed E-state index contributed by atoms with van der Waals surface area (Å²) in [6.45, 7) is 2.75. The zero-order valence-electron chi connectivity index (χ0n) is 16.8. The van der Waals surface area contributed by atoms with Gasteiger partial charge in [-0.2, -0.15) is 13.2 Å². The number of hydrogen-bond donors (Lipinski definition) is 3. The van der Waals surface area contributed by atoms with Gasteiger partial charge in [0.1, 0.15) is 11.5 Å². The van der Waals surface area contributed by atoms with E-state index >= 15 is 0 Å². The van der Waals surface area contributed by atoms with Gasteiger partial charge in [-0.1, -0.05) is 0 Å². The molecule has 0 spiro atoms. The number of nitrogens with one attached hydrogen (secondary N) is 3. The molecule has 0 atom stereocenters. The predicted molar refractivity (Wildman–Crippen MR) is 120 cm³/mol. The van der Waals surface area contributed by atoms with E-state index in [1.165, 1.54) is 0 Å². The first-order valence-electron chi connectivity index (χ1n) is 9.18. The van der Waals surface area contributed by atoms with Crippen LogP contribution in [-0.4, -0.2) is 51.0 Å². The highest BCUT2D eigenvalue weighted by molar-refractivity contribution is 14.0. The number of fused-ring (bicyclic) bond motifs is 1. The van der Waals surface area contributed by atoms with Crippen LogP contribution in [-0.2, 0) is 6.42 Å². The van der Waals surface area contributed by atoms with Gasteiger partial charge < -0.3 is 25.1 Å². The van der Waals surface area contributed by atoms with Crippen LogP contribution < -0.4 is 20.1 Å². The number of aromatic amines is 1. The molecule has 0 radical (unpaired) electrons. The minimum Gasteiger partial charge on any atom is -0.497 e. The SMILES string of the molecule is CCNC(=NCCCc1cc2c(OC)cc(OC)cc2[nH]1)NCCC(F)(F)F.I. The minimum absolute atomic E-state index is 0. The molecular formula is C19H28F3IN4O2. The molecular weight excluding hydrogens is 500 g/mol. The molecule has 0 amide bonds. The molecule has 2 aromatic rings. The second-order valence-electron chi connectivity index (χ2n) is 6.24. The van der Waals surface area contributed by atoms with Crippen LogP contribution in [0.15, 0.2) is 23.2 Å². The molecule has 0 bridgehead atoms. The largest absolute Gasteiger partial charge is 0.497 e. The summed E-state index contributed by atoms with van der Waals surface area (Å²) in [6, 6.07) is 5.77. The van der Waals surface area contributed by atoms with Gasteiger partial charge in [-0.25, -0.2) is 0 Å². The fraction of sp³-hybridized carbons (Fsp3) is 0.526. The summed E-state index contributed by atoms with van der Waals surface area (Å²) in [7, 11) is 3.22. The van der Waals surface area contributed by atoms with Crippen molar-refractivity contribution in [2.24, 2.45) is 4.99 Å². The van der Waals surface area contributed by atoms with Crippen LogP contribution in [0.5, 0.6) is 11.5 Å². The van der Waals surface area contributed by atoms with Crippen molar-refractivity contribution < 1.29 is 22.6 Å². The molecule has 10 heteroatoms. The lowest BCUT2D eigenvalue weighted by molar-refractivity contribution is -0.132. The monoisotopic (exact) mass is 528 g/mol. The van der Waals surface area contributed by atoms with Crippen molar-refractivity contribution in [2.75, 3.05) is 33.9 Å². The van der Waals surface area contributed by atoms with Crippen LogP contribution in [0.25, 0.3) is 10.9 Å². The van der Waals surface area contributed by atoms with Crippen molar-refractivity contribution in [1.29, 1.82) is 0 Å². The van der Waals surface area contributed by atoms with E-state index in [-0.39, 0.29) is 30.5 Å². The Hall–Kier alpha value is -1.85. The first-order chi connectivity index (χ1) is 13.4. The second-order valence-corrected chi connectivity index (χ2v) is 6.24. The number of guanidine groups is 1. The summed E-state index contributed by atoms with van der Waals surface area (Å²) in [5.74, 6) is 1.84. The molecule has 0 fully saturated rings. The molecule has 0 unspecified atom stereocenters. The number of methoxy groups -OCH3 is 2. The molecule has 164 valence electrons. The Labute approximate surface area is 185 Å². The zero-order chi connectivity index (χ0) is 20.6. The Balaban J connectivity index is 0.00000420. The van der Waals surface area contributed by atoms with Crippen LogP contribution in [0.1, 0.15) is 25.5 Å². The highest BCUT2D eigenvalue weighted by Crippen LogP contribution is 2.31. The van der Waals surface area contributed by atoms with Gasteiger partial charge in [0.15, 0.2) is 5.96 Å². The fourth-order valence-electron chi connectivity index (χ4n) is 2.78. The van der Waals surface area contributed by atoms with Crippen LogP contribution in [0.3, 0.4) is 0 Å². The molecule has 6 nitrogen and oxygen atoms in total. The van der Waals surface area contributed by atoms with E-state index < -0.39 is 12.6 Å². The minimum atomic E-state index is -4.18. The quantitative estimate of drug-likeness (QED) is 0.197. The number of aliphatic imine (C=N–C) groups is 1. The molecule has 1 aromatic carbocycles. The fourth-order valence-corrected chi connectivity index (χ4v) is 2.78. The highest BCUT2D eigenvalue weighted by atomic mass is 127. The standard InChI is InChI=1S/C19H27F3N4O2.HI/c1-4-23-18(25-9-7-19(20,21)22)24-8-5-6-13-10-15-16(26-13)11-14(27-2)12-17(15)28-3;/h10-12,26H,4-9H2,1-3H3,(H2,23,24,25);1H. The number of nitrogens with zero attached hydrogens (tertiary/aromatic N) is 1. The first kappa shape index (κ1) is 25.2. The molecule has 0 saturated heterocycles. The van der Waals surface area contributed by atoms with E-state index in [9.17, 15) is 13.2 Å². The summed E-state index contributed by atoms with van der Waals surface area (Å²) < 4.78 is 47.4. The topological polar surface area (TPSA) is 70.7 Å². The molecule has 2 rings (SSSR count). The Kier molecular flexibility index (Phi) is 10.4. The maximum atomic E-state index is 12.3. The second kappa shape index (κ2) is 12.0. The lowest BCUT2D eigenvalue weighted by atomic mass is 10.2. The molecule has 0 aliphatic rings. The van der Waals surface area contributed by atoms with Crippen molar-refractivity contribution in [2.45, 2.75) is 32.4 Å². The number of aromatic nitrogens is 1. The molecule has 0 saturated carbocycles. The third kappa shape index (κ3) is 8.19. The summed E-state index contributed by atoms with van der Waals surface area (Å²) >= 11 is 0. The van der Waals surface area contributed by atoms with Crippen molar-refractivity contribution in [3.8, 4) is 11.5 Å². The van der Waals surface area contributed by atoms with Gasteiger partial charge in [0.05, 0.1) is 26.2 Å². The smallest absolute Gasteiger partial charge is 0.390 e. The number of aryl methyl sites for hydroxylation is 1. The van der Waals surface area contributed by atoms with E-state index in [1.54, 1.807) is 14.2 Å². The van der Waals surface area contributed by atoms with E-state index in [2.05, 4.69) is 20.6 Å². The van der Waals surface area contributed by atoms with Crippen molar-refractivity contribution >= 4 is 40.8 Å². The molecule has 0 aliphatic heterocycles. The third-order valence-electron chi connectivity index (χ3n) is 4.10. The van der Waals surface area contributed by atoms with Crippen molar-refractivity contribution in [3.63, 3.8) is 0 Å². The van der Waals surface area contributed by atoms with E-state index in [4.69, 9.17) is 9.47 Å². The third-order valence-corrected chi connectivity index (χ3v) is 4.10. The molecule has 1 heterocycles. The van der Waals surface area contributed by atoms with E-state index in [0.29, 0.717) is 24.8 Å². The van der Waals surface area contributed by atoms with E-state index in [1.807, 2.05) is 25.1 Å². The van der Waals surface area contributed by atoms with Gasteiger partial charge in [-0.05, 0) is 25.8 Å². The Bertz CT molecular complexity index is 794. The van der Waals surface area contributed by atoms with Gasteiger partial charge in [-0.15, -0.1) is 24.0 Å². The number of benzene rings is 1. The van der Waals surface area contributed by atoms with Gasteiger partial charge in [0.25, 0.3) is 0 Å². The van der Waals surface area contributed by atoms with E-state index in [0.717, 1.165) is 35.2 Å². The zero-order valence-corrected chi connectivity index (χ0v) is 19.1. The van der Waals surface area contributed by atoms with Crippen LogP contribution in [0, 0.1) is 0 Å². The Morgan fingerprint density at radius 1 is 1.14 bits per heavy atom. The molecule has 29 heavy (non-hydrogen) atoms. The first-order valence-corrected chi connectivity index (χ1v) is 9.18. The number of alkyl halides is 3. The maximum Gasteiger partial charge on any atom is 0.390 e. The lowest BCUT2D eigenvalue weighted by Crippen LogP contribution is -2.39. The van der Waals surface area contributed by atoms with Crippen LogP contribution >= 0.6 is 24.0 Å². The van der Waals surface area contributed by atoms with Crippen LogP contribution in [0.4, 0.5) is 13.2 Å². The number of hydrogen-bond acceptors (Lipinski definition) is 3. The average Bonchev–Trinajstić information content (AvgIpc) is 3.06. The number of H-pyrrole nitrogens is 1. The summed E-state index contributed by atoms with van der Waals surface area (Å²) in [5.41, 5.74) is 1.96. The molecule has 3 N–H and O–H groups in total. The van der Waals surface area contributed by atoms with Crippen molar-refractivity contribution in [1.82, 2.24) is 15.6 Å². The van der Waals surface area contributed by atoms with Gasteiger partial charge in [-0.3, -0.25) is 4.99 Å². The number of ether oxygens (including phenoxy) is 2. The number of halogens is 4. The highest BCUT2D eigenvalue weighted by Gasteiger charge is 2.26.